The third kappa shape index (κ3) is 4.99. The Hall–Kier alpha value is -2.22. The van der Waals surface area contributed by atoms with Gasteiger partial charge < -0.3 is 0 Å². The van der Waals surface area contributed by atoms with Crippen molar-refractivity contribution >= 4 is 12.1 Å². The van der Waals surface area contributed by atoms with Crippen molar-refractivity contribution in [1.29, 1.82) is 0 Å². The van der Waals surface area contributed by atoms with E-state index < -0.39 is 0 Å². The van der Waals surface area contributed by atoms with Gasteiger partial charge in [0.25, 0.3) is 0 Å². The van der Waals surface area contributed by atoms with Crippen LogP contribution in [-0.4, -0.2) is 12.1 Å². The van der Waals surface area contributed by atoms with Crippen molar-refractivity contribution in [3.8, 4) is 0 Å². The van der Waals surface area contributed by atoms with Crippen LogP contribution in [0.5, 0.6) is 0 Å². The summed E-state index contributed by atoms with van der Waals surface area (Å²) in [5, 5.41) is 0. The Morgan fingerprint density at radius 1 is 0.905 bits per heavy atom. The number of aldehydes is 1. The molecule has 0 saturated heterocycles. The first kappa shape index (κ1) is 15.2. The molecule has 0 saturated carbocycles. The number of hydrogen-bond donors (Lipinski definition) is 0. The molecule has 0 unspecified atom stereocenters. The van der Waals surface area contributed by atoms with Gasteiger partial charge in [-0.25, -0.2) is 0 Å². The van der Waals surface area contributed by atoms with Gasteiger partial charge in [0.05, 0.1) is 0 Å². The highest BCUT2D eigenvalue weighted by atomic mass is 16.1. The lowest BCUT2D eigenvalue weighted by Crippen LogP contribution is -1.99. The van der Waals surface area contributed by atoms with Crippen LogP contribution in [0.1, 0.15) is 53.4 Å². The molecular weight excluding hydrogens is 260 g/mol. The Kier molecular flexibility index (Phi) is 5.89. The van der Waals surface area contributed by atoms with E-state index in [0.29, 0.717) is 17.5 Å². The molecule has 2 heteroatoms. The Balaban J connectivity index is 0.00000242. The number of hydrogen-bond acceptors (Lipinski definition) is 2. The molecule has 0 radical (unpaired) electrons. The maximum Gasteiger partial charge on any atom is 0.162 e. The first-order valence-corrected chi connectivity index (χ1v) is 7.42. The minimum atomic E-state index is 0. The number of ketones is 1. The second kappa shape index (κ2) is 8.15. The van der Waals surface area contributed by atoms with Gasteiger partial charge >= 0.3 is 0 Å². The molecule has 0 N–H and O–H groups in total. The van der Waals surface area contributed by atoms with Crippen molar-refractivity contribution in [1.82, 2.24) is 0 Å². The fourth-order valence-electron chi connectivity index (χ4n) is 2.33. The first-order valence-electron chi connectivity index (χ1n) is 7.42. The fraction of sp³-hybridized carbons (Fsp3) is 0.263. The van der Waals surface area contributed by atoms with Crippen molar-refractivity contribution in [2.45, 2.75) is 32.1 Å². The lowest BCUT2D eigenvalue weighted by Gasteiger charge is -2.03. The molecule has 110 valence electrons. The molecule has 0 aliphatic carbocycles. The summed E-state index contributed by atoms with van der Waals surface area (Å²) in [6.07, 6.45) is 5.53. The van der Waals surface area contributed by atoms with Crippen LogP contribution >= 0.6 is 0 Å². The monoisotopic (exact) mass is 282 g/mol. The molecule has 2 aromatic rings. The number of carbonyl (C=O) groups is 2. The molecule has 0 amide bonds. The van der Waals surface area contributed by atoms with Crippen molar-refractivity contribution in [3.63, 3.8) is 0 Å². The molecule has 0 spiro atoms. The lowest BCUT2D eigenvalue weighted by molar-refractivity contribution is 0.0978. The molecule has 2 aromatic carbocycles. The SMILES string of the molecule is O=Cc1ccc(C(=O)CCCCCc2ccccc2)cc1.[HH]. The van der Waals surface area contributed by atoms with Gasteiger partial charge in [-0.2, -0.15) is 0 Å². The number of Topliss-reactive ketones (excluding diaryl/α,β-unsaturated/α-hetero) is 1. The molecule has 0 atom stereocenters. The third-order valence-electron chi connectivity index (χ3n) is 3.58. The zero-order chi connectivity index (χ0) is 14.9. The summed E-state index contributed by atoms with van der Waals surface area (Å²) in [5.41, 5.74) is 2.66. The van der Waals surface area contributed by atoms with Crippen molar-refractivity contribution in [2.75, 3.05) is 0 Å². The summed E-state index contributed by atoms with van der Waals surface area (Å²) in [6, 6.07) is 17.3. The van der Waals surface area contributed by atoms with Gasteiger partial charge in [0, 0.05) is 19.0 Å². The van der Waals surface area contributed by atoms with Crippen molar-refractivity contribution < 1.29 is 11.0 Å². The summed E-state index contributed by atoms with van der Waals surface area (Å²) >= 11 is 0. The second-order valence-electron chi connectivity index (χ2n) is 5.21. The van der Waals surface area contributed by atoms with Gasteiger partial charge in [0.1, 0.15) is 6.29 Å². The van der Waals surface area contributed by atoms with Crippen LogP contribution < -0.4 is 0 Å². The van der Waals surface area contributed by atoms with E-state index in [1.807, 2.05) is 6.07 Å². The lowest BCUT2D eigenvalue weighted by atomic mass is 10.0. The van der Waals surface area contributed by atoms with Crippen LogP contribution in [0.15, 0.2) is 54.6 Å². The molecule has 0 aromatic heterocycles. The number of unbranched alkanes of at least 4 members (excludes halogenated alkanes) is 2. The van der Waals surface area contributed by atoms with Crippen LogP contribution in [-0.2, 0) is 6.42 Å². The highest BCUT2D eigenvalue weighted by Crippen LogP contribution is 2.11. The third-order valence-corrected chi connectivity index (χ3v) is 3.58. The Labute approximate surface area is 127 Å². The highest BCUT2D eigenvalue weighted by molar-refractivity contribution is 5.96. The Bertz CT molecular complexity index is 576. The van der Waals surface area contributed by atoms with Crippen molar-refractivity contribution in [3.05, 3.63) is 71.3 Å². The van der Waals surface area contributed by atoms with Crippen LogP contribution in [0.3, 0.4) is 0 Å². The molecule has 0 fully saturated rings. The molecule has 2 rings (SSSR count). The number of aryl methyl sites for hydroxylation is 1. The molecule has 0 aliphatic heterocycles. The molecule has 2 nitrogen and oxygen atoms in total. The molecule has 0 heterocycles. The second-order valence-corrected chi connectivity index (χ2v) is 5.21. The average molecular weight is 282 g/mol. The predicted molar refractivity (Wildman–Crippen MR) is 86.9 cm³/mol. The number of benzene rings is 2. The maximum absolute atomic E-state index is 12.0. The molecule has 0 bridgehead atoms. The largest absolute Gasteiger partial charge is 0.298 e. The van der Waals surface area contributed by atoms with Crippen LogP contribution in [0.25, 0.3) is 0 Å². The van der Waals surface area contributed by atoms with E-state index in [1.165, 1.54) is 5.56 Å². The van der Waals surface area contributed by atoms with Crippen LogP contribution in [0, 0.1) is 0 Å². The Morgan fingerprint density at radius 3 is 2.29 bits per heavy atom. The van der Waals surface area contributed by atoms with Crippen LogP contribution in [0.2, 0.25) is 0 Å². The van der Waals surface area contributed by atoms with E-state index in [-0.39, 0.29) is 7.21 Å². The zero-order valence-electron chi connectivity index (χ0n) is 12.1. The van der Waals surface area contributed by atoms with Gasteiger partial charge in [-0.1, -0.05) is 61.0 Å². The van der Waals surface area contributed by atoms with E-state index in [4.69, 9.17) is 0 Å². The number of rotatable bonds is 8. The van der Waals surface area contributed by atoms with E-state index >= 15 is 0 Å². The van der Waals surface area contributed by atoms with Gasteiger partial charge in [0.2, 0.25) is 0 Å². The summed E-state index contributed by atoms with van der Waals surface area (Å²) < 4.78 is 0. The average Bonchev–Trinajstić information content (AvgIpc) is 2.55. The summed E-state index contributed by atoms with van der Waals surface area (Å²) in [5.74, 6) is 0.159. The fourth-order valence-corrected chi connectivity index (χ4v) is 2.33. The summed E-state index contributed by atoms with van der Waals surface area (Å²) in [7, 11) is 0. The molecular formula is C19H22O2. The minimum absolute atomic E-state index is 0. The smallest absolute Gasteiger partial charge is 0.162 e. The minimum Gasteiger partial charge on any atom is -0.298 e. The van der Waals surface area contributed by atoms with Crippen molar-refractivity contribution in [2.24, 2.45) is 0 Å². The summed E-state index contributed by atoms with van der Waals surface area (Å²) in [6.45, 7) is 0. The summed E-state index contributed by atoms with van der Waals surface area (Å²) in [4.78, 5) is 22.6. The normalized spacial score (nSPS) is 10.3. The van der Waals surface area contributed by atoms with Crippen LogP contribution in [0.4, 0.5) is 0 Å². The quantitative estimate of drug-likeness (QED) is 0.398. The molecule has 0 aliphatic rings. The maximum atomic E-state index is 12.0. The van der Waals surface area contributed by atoms with Gasteiger partial charge in [0.15, 0.2) is 5.78 Å². The number of carbonyl (C=O) groups excluding carboxylic acids is 2. The first-order chi connectivity index (χ1) is 10.3. The highest BCUT2D eigenvalue weighted by Gasteiger charge is 2.05. The Morgan fingerprint density at radius 2 is 1.62 bits per heavy atom. The molecule has 21 heavy (non-hydrogen) atoms. The predicted octanol–water partition coefficient (Wildman–Crippen LogP) is 4.73. The van der Waals surface area contributed by atoms with Gasteiger partial charge in [-0.15, -0.1) is 0 Å². The van der Waals surface area contributed by atoms with Gasteiger partial charge in [-0.05, 0) is 24.8 Å². The van der Waals surface area contributed by atoms with E-state index in [9.17, 15) is 9.59 Å². The topological polar surface area (TPSA) is 34.1 Å². The standard InChI is InChI=1S/C19H20O2.H2/c20-15-17-11-13-18(14-12-17)19(21)10-6-2-5-9-16-7-3-1-4-8-16;/h1,3-4,7-8,11-15H,2,5-6,9-10H2;1H. The van der Waals surface area contributed by atoms with E-state index in [1.54, 1.807) is 24.3 Å². The van der Waals surface area contributed by atoms with E-state index in [0.717, 1.165) is 32.0 Å². The van der Waals surface area contributed by atoms with E-state index in [2.05, 4.69) is 24.3 Å². The zero-order valence-corrected chi connectivity index (χ0v) is 12.1. The van der Waals surface area contributed by atoms with Gasteiger partial charge in [-0.3, -0.25) is 9.59 Å².